The van der Waals surface area contributed by atoms with Crippen molar-refractivity contribution in [2.75, 3.05) is 31.6 Å². The lowest BCUT2D eigenvalue weighted by Gasteiger charge is -2.39. The lowest BCUT2D eigenvalue weighted by Crippen LogP contribution is -2.46. The highest BCUT2D eigenvalue weighted by molar-refractivity contribution is 5.86. The van der Waals surface area contributed by atoms with Gasteiger partial charge in [0.25, 0.3) is 0 Å². The average molecular weight is 463 g/mol. The molecule has 5 nitrogen and oxygen atoms in total. The Balaban J connectivity index is 1.23. The quantitative estimate of drug-likeness (QED) is 0.460. The molecule has 2 aromatic carbocycles. The van der Waals surface area contributed by atoms with E-state index in [1.54, 1.807) is 6.33 Å². The Bertz CT molecular complexity index is 1200. The van der Waals surface area contributed by atoms with Crippen molar-refractivity contribution in [3.05, 3.63) is 65.6 Å². The van der Waals surface area contributed by atoms with Gasteiger partial charge in [0.1, 0.15) is 23.8 Å². The first kappa shape index (κ1) is 21.6. The summed E-state index contributed by atoms with van der Waals surface area (Å²) in [6.07, 6.45) is 6.93. The van der Waals surface area contributed by atoms with E-state index in [0.29, 0.717) is 17.6 Å². The summed E-state index contributed by atoms with van der Waals surface area (Å²) >= 11 is 0. The van der Waals surface area contributed by atoms with Gasteiger partial charge in [0.05, 0.1) is 18.9 Å². The van der Waals surface area contributed by atoms with Crippen LogP contribution in [0.25, 0.3) is 22.3 Å². The Kier molecular flexibility index (Phi) is 5.75. The van der Waals surface area contributed by atoms with E-state index in [9.17, 15) is 8.78 Å². The Hall–Kier alpha value is -2.90. The van der Waals surface area contributed by atoms with Gasteiger partial charge in [-0.3, -0.25) is 4.90 Å². The maximum absolute atomic E-state index is 14.5. The number of fused-ring (bicyclic) bond motifs is 3. The van der Waals surface area contributed by atoms with Crippen LogP contribution >= 0.6 is 0 Å². The first-order chi connectivity index (χ1) is 16.7. The van der Waals surface area contributed by atoms with Crippen LogP contribution in [0.5, 0.6) is 0 Å². The third kappa shape index (κ3) is 4.07. The normalized spacial score (nSPS) is 22.3. The van der Waals surface area contributed by atoms with Crippen molar-refractivity contribution in [1.82, 2.24) is 14.9 Å². The topological polar surface area (TPSA) is 50.3 Å². The fourth-order valence-corrected chi connectivity index (χ4v) is 5.70. The van der Waals surface area contributed by atoms with Crippen molar-refractivity contribution in [2.45, 2.75) is 44.2 Å². The first-order valence-corrected chi connectivity index (χ1v) is 12.2. The van der Waals surface area contributed by atoms with Crippen molar-refractivity contribution in [1.29, 1.82) is 0 Å². The standard InChI is InChI=1S/C27H28F2N4O/c28-19-3-8-22(24(29)15-19)17-1-2-18-14-25-26(23(18)13-17)27(31-16-30-25)32-20-4-6-21(7-5-20)33-9-11-34-12-10-33/h1-3,8,13,15-16,20-21H,4-7,9-12,14H2,(H,30,31,32). The van der Waals surface area contributed by atoms with E-state index < -0.39 is 11.6 Å². The number of halogens is 2. The van der Waals surface area contributed by atoms with Crippen molar-refractivity contribution >= 4 is 5.82 Å². The van der Waals surface area contributed by atoms with Gasteiger partial charge in [-0.25, -0.2) is 18.7 Å². The molecule has 176 valence electrons. The number of rotatable bonds is 4. The SMILES string of the molecule is Fc1ccc(-c2ccc3c(c2)-c2c(ncnc2NC2CCC(N4CCOCC4)CC2)C3)c(F)c1. The minimum Gasteiger partial charge on any atom is -0.379 e. The molecule has 2 aliphatic carbocycles. The lowest BCUT2D eigenvalue weighted by molar-refractivity contribution is 0.00791. The molecule has 0 radical (unpaired) electrons. The molecule has 0 amide bonds. The van der Waals surface area contributed by atoms with Crippen LogP contribution < -0.4 is 5.32 Å². The van der Waals surface area contributed by atoms with E-state index in [2.05, 4.69) is 20.2 Å². The summed E-state index contributed by atoms with van der Waals surface area (Å²) in [5.41, 5.74) is 5.31. The van der Waals surface area contributed by atoms with Crippen molar-refractivity contribution < 1.29 is 13.5 Å². The highest BCUT2D eigenvalue weighted by Gasteiger charge is 2.29. The van der Waals surface area contributed by atoms with Gasteiger partial charge < -0.3 is 10.1 Å². The second-order valence-corrected chi connectivity index (χ2v) is 9.51. The molecule has 0 atom stereocenters. The van der Waals surface area contributed by atoms with Gasteiger partial charge in [0.15, 0.2) is 0 Å². The number of aromatic nitrogens is 2. The van der Waals surface area contributed by atoms with E-state index in [-0.39, 0.29) is 0 Å². The second-order valence-electron chi connectivity index (χ2n) is 9.51. The number of morpholine rings is 1. The minimum absolute atomic E-state index is 0.373. The molecule has 1 saturated heterocycles. The number of hydrogen-bond donors (Lipinski definition) is 1. The van der Waals surface area contributed by atoms with Gasteiger partial charge in [-0.15, -0.1) is 0 Å². The number of nitrogens with one attached hydrogen (secondary N) is 1. The smallest absolute Gasteiger partial charge is 0.137 e. The number of nitrogens with zero attached hydrogens (tertiary/aromatic N) is 3. The van der Waals surface area contributed by atoms with Crippen LogP contribution in [0.4, 0.5) is 14.6 Å². The molecule has 3 aliphatic rings. The van der Waals surface area contributed by atoms with Gasteiger partial charge in [-0.1, -0.05) is 12.1 Å². The molecule has 34 heavy (non-hydrogen) atoms. The molecule has 0 spiro atoms. The second kappa shape index (κ2) is 9.04. The molecular weight excluding hydrogens is 434 g/mol. The fraction of sp³-hybridized carbons (Fsp3) is 0.407. The Morgan fingerprint density at radius 2 is 1.74 bits per heavy atom. The number of ether oxygens (including phenoxy) is 1. The van der Waals surface area contributed by atoms with Crippen LogP contribution in [0, 0.1) is 11.6 Å². The summed E-state index contributed by atoms with van der Waals surface area (Å²) < 4.78 is 33.4. The van der Waals surface area contributed by atoms with Gasteiger partial charge in [-0.05, 0) is 60.6 Å². The van der Waals surface area contributed by atoms with Crippen LogP contribution in [0.1, 0.15) is 36.9 Å². The van der Waals surface area contributed by atoms with Crippen LogP contribution in [0.15, 0.2) is 42.7 Å². The van der Waals surface area contributed by atoms with Crippen molar-refractivity contribution in [3.63, 3.8) is 0 Å². The maximum Gasteiger partial charge on any atom is 0.137 e. The largest absolute Gasteiger partial charge is 0.379 e. The third-order valence-corrected chi connectivity index (χ3v) is 7.50. The van der Waals surface area contributed by atoms with Gasteiger partial charge in [0.2, 0.25) is 0 Å². The molecule has 3 aromatic rings. The monoisotopic (exact) mass is 462 g/mol. The molecule has 1 aromatic heterocycles. The van der Waals surface area contributed by atoms with E-state index >= 15 is 0 Å². The zero-order valence-electron chi connectivity index (χ0n) is 19.1. The number of hydrogen-bond acceptors (Lipinski definition) is 5. The summed E-state index contributed by atoms with van der Waals surface area (Å²) in [6, 6.07) is 10.6. The fourth-order valence-electron chi connectivity index (χ4n) is 5.70. The Morgan fingerprint density at radius 3 is 2.53 bits per heavy atom. The molecule has 2 fully saturated rings. The van der Waals surface area contributed by atoms with Gasteiger partial charge in [-0.2, -0.15) is 0 Å². The van der Waals surface area contributed by atoms with E-state index in [4.69, 9.17) is 4.74 Å². The van der Waals surface area contributed by atoms with Crippen LogP contribution in [-0.4, -0.2) is 53.3 Å². The highest BCUT2D eigenvalue weighted by atomic mass is 19.1. The molecule has 0 bridgehead atoms. The summed E-state index contributed by atoms with van der Waals surface area (Å²) in [4.78, 5) is 11.7. The van der Waals surface area contributed by atoms with E-state index in [1.165, 1.54) is 25.0 Å². The van der Waals surface area contributed by atoms with Crippen molar-refractivity contribution in [3.8, 4) is 22.3 Å². The molecule has 1 aliphatic heterocycles. The molecule has 6 rings (SSSR count). The predicted octanol–water partition coefficient (Wildman–Crippen LogP) is 5.05. The lowest BCUT2D eigenvalue weighted by atomic mass is 9.89. The first-order valence-electron chi connectivity index (χ1n) is 12.2. The molecule has 2 heterocycles. The van der Waals surface area contributed by atoms with Gasteiger partial charge in [0, 0.05) is 48.8 Å². The number of benzene rings is 2. The van der Waals surface area contributed by atoms with E-state index in [1.807, 2.05) is 18.2 Å². The minimum atomic E-state index is -0.573. The molecule has 1 saturated carbocycles. The Labute approximate surface area is 198 Å². The molecule has 1 N–H and O–H groups in total. The zero-order valence-corrected chi connectivity index (χ0v) is 19.1. The van der Waals surface area contributed by atoms with Crippen LogP contribution in [-0.2, 0) is 11.2 Å². The average Bonchev–Trinajstić information content (AvgIpc) is 3.24. The zero-order chi connectivity index (χ0) is 23.1. The predicted molar refractivity (Wildman–Crippen MR) is 128 cm³/mol. The highest BCUT2D eigenvalue weighted by Crippen LogP contribution is 2.42. The maximum atomic E-state index is 14.5. The third-order valence-electron chi connectivity index (χ3n) is 7.50. The summed E-state index contributed by atoms with van der Waals surface area (Å²) in [6.45, 7) is 3.76. The summed E-state index contributed by atoms with van der Waals surface area (Å²) in [7, 11) is 0. The molecule has 0 unspecified atom stereocenters. The van der Waals surface area contributed by atoms with Crippen molar-refractivity contribution in [2.24, 2.45) is 0 Å². The Morgan fingerprint density at radius 1 is 0.912 bits per heavy atom. The number of anilines is 1. The van der Waals surface area contributed by atoms with Gasteiger partial charge >= 0.3 is 0 Å². The van der Waals surface area contributed by atoms with Crippen LogP contribution in [0.2, 0.25) is 0 Å². The van der Waals surface area contributed by atoms with E-state index in [0.717, 1.165) is 85.4 Å². The molecular formula is C27H28F2N4O. The molecule has 7 heteroatoms. The van der Waals surface area contributed by atoms with Crippen LogP contribution in [0.3, 0.4) is 0 Å². The summed E-state index contributed by atoms with van der Waals surface area (Å²) in [5.74, 6) is -0.274. The summed E-state index contributed by atoms with van der Waals surface area (Å²) in [5, 5.41) is 3.71.